The lowest BCUT2D eigenvalue weighted by Gasteiger charge is -2.19. The highest BCUT2D eigenvalue weighted by Crippen LogP contribution is 2.26. The molecule has 4 aromatic rings. The number of fused-ring (bicyclic) bond motifs is 2. The van der Waals surface area contributed by atoms with Crippen LogP contribution in [-0.2, 0) is 17.5 Å². The van der Waals surface area contributed by atoms with Crippen LogP contribution in [0.25, 0.3) is 21.7 Å². The molecule has 1 unspecified atom stereocenters. The maximum atomic E-state index is 12.8. The summed E-state index contributed by atoms with van der Waals surface area (Å²) >= 11 is 0. The van der Waals surface area contributed by atoms with Crippen LogP contribution in [0.5, 0.6) is 0 Å². The van der Waals surface area contributed by atoms with Gasteiger partial charge in [0.05, 0.1) is 17.0 Å². The Balaban J connectivity index is 0.00000218. The third-order valence-corrected chi connectivity index (χ3v) is 6.42. The van der Waals surface area contributed by atoms with Crippen LogP contribution in [0.3, 0.4) is 0 Å². The molecule has 2 heterocycles. The number of anilines is 1. The van der Waals surface area contributed by atoms with E-state index in [0.29, 0.717) is 12.4 Å². The Morgan fingerprint density at radius 1 is 0.931 bits per heavy atom. The van der Waals surface area contributed by atoms with Gasteiger partial charge < -0.3 is 4.90 Å². The maximum absolute atomic E-state index is 12.8. The number of benzene rings is 3. The number of nitrogens with one attached hydrogen (secondary N) is 1. The standard InChI is InChI=1S/C23H22N4OS.H2/c28-29(19-12-11-17-7-1-2-8-18(17)15-19)24-16-22-25-21-10-4-3-9-20(21)23(26-22)27-13-5-6-14-27;/h1-4,7-12,15,24H,5-6,13-14,16H2;1H. The molecule has 148 valence electrons. The van der Waals surface area contributed by atoms with E-state index in [9.17, 15) is 4.21 Å². The predicted molar refractivity (Wildman–Crippen MR) is 120 cm³/mol. The van der Waals surface area contributed by atoms with Crippen molar-refractivity contribution < 1.29 is 5.64 Å². The zero-order valence-electron chi connectivity index (χ0n) is 16.0. The number of para-hydroxylation sites is 1. The topological polar surface area (TPSA) is 58.1 Å². The van der Waals surface area contributed by atoms with Gasteiger partial charge in [0.15, 0.2) is 0 Å². The fraction of sp³-hybridized carbons (Fsp3) is 0.217. The molecular weight excluding hydrogens is 380 g/mol. The highest BCUT2D eigenvalue weighted by molar-refractivity contribution is 7.83. The summed E-state index contributed by atoms with van der Waals surface area (Å²) in [5, 5.41) is 3.30. The Labute approximate surface area is 173 Å². The van der Waals surface area contributed by atoms with Crippen molar-refractivity contribution in [2.45, 2.75) is 24.3 Å². The van der Waals surface area contributed by atoms with Crippen LogP contribution >= 0.6 is 0 Å². The van der Waals surface area contributed by atoms with Gasteiger partial charge in [0.2, 0.25) is 0 Å². The average Bonchev–Trinajstić information content (AvgIpc) is 3.31. The first kappa shape index (κ1) is 18.2. The van der Waals surface area contributed by atoms with E-state index in [4.69, 9.17) is 4.98 Å². The van der Waals surface area contributed by atoms with Gasteiger partial charge in [-0.2, -0.15) is 0 Å². The predicted octanol–water partition coefficient (Wildman–Crippen LogP) is 4.44. The average molecular weight is 405 g/mol. The van der Waals surface area contributed by atoms with E-state index in [-0.39, 0.29) is 1.43 Å². The number of hydrogen-bond acceptors (Lipinski definition) is 4. The van der Waals surface area contributed by atoms with Crippen molar-refractivity contribution in [2.75, 3.05) is 18.0 Å². The molecule has 1 atom stereocenters. The molecule has 29 heavy (non-hydrogen) atoms. The third-order valence-electron chi connectivity index (χ3n) is 5.33. The van der Waals surface area contributed by atoms with Crippen molar-refractivity contribution in [3.63, 3.8) is 0 Å². The highest BCUT2D eigenvalue weighted by atomic mass is 32.2. The summed E-state index contributed by atoms with van der Waals surface area (Å²) in [7, 11) is -1.33. The molecule has 3 aromatic carbocycles. The lowest BCUT2D eigenvalue weighted by atomic mass is 10.1. The molecule has 1 aromatic heterocycles. The quantitative estimate of drug-likeness (QED) is 0.534. The van der Waals surface area contributed by atoms with Crippen molar-refractivity contribution in [3.05, 3.63) is 72.6 Å². The van der Waals surface area contributed by atoms with Gasteiger partial charge in [-0.3, -0.25) is 0 Å². The normalized spacial score (nSPS) is 15.2. The molecule has 5 rings (SSSR count). The van der Waals surface area contributed by atoms with Crippen molar-refractivity contribution in [2.24, 2.45) is 0 Å². The van der Waals surface area contributed by atoms with Gasteiger partial charge in [0.25, 0.3) is 0 Å². The minimum atomic E-state index is -1.33. The van der Waals surface area contributed by atoms with E-state index in [0.717, 1.165) is 45.5 Å². The van der Waals surface area contributed by atoms with Crippen molar-refractivity contribution >= 4 is 38.5 Å². The molecule has 6 heteroatoms. The first-order valence-electron chi connectivity index (χ1n) is 9.93. The minimum Gasteiger partial charge on any atom is -0.356 e. The fourth-order valence-electron chi connectivity index (χ4n) is 3.85. The Bertz CT molecular complexity index is 1210. The number of aromatic nitrogens is 2. The summed E-state index contributed by atoms with van der Waals surface area (Å²) in [4.78, 5) is 12.6. The van der Waals surface area contributed by atoms with E-state index in [1.165, 1.54) is 12.8 Å². The molecule has 5 nitrogen and oxygen atoms in total. The molecule has 0 saturated carbocycles. The summed E-state index contributed by atoms with van der Waals surface area (Å²) in [5.74, 6) is 1.65. The van der Waals surface area contributed by atoms with Gasteiger partial charge in [-0.05, 0) is 47.9 Å². The van der Waals surface area contributed by atoms with Gasteiger partial charge in [-0.15, -0.1) is 0 Å². The van der Waals surface area contributed by atoms with Crippen LogP contribution in [0.4, 0.5) is 5.82 Å². The van der Waals surface area contributed by atoms with Gasteiger partial charge in [-0.25, -0.2) is 18.9 Å². The lowest BCUT2D eigenvalue weighted by molar-refractivity contribution is 0.669. The van der Waals surface area contributed by atoms with Gasteiger partial charge in [-0.1, -0.05) is 42.5 Å². The SMILES string of the molecule is O=S(NCc1nc(N2CCCC2)c2ccccc2n1)c1ccc2ccccc2c1.[HH]. The molecule has 0 radical (unpaired) electrons. The van der Waals surface area contributed by atoms with E-state index < -0.39 is 11.0 Å². The van der Waals surface area contributed by atoms with E-state index >= 15 is 0 Å². The van der Waals surface area contributed by atoms with Crippen LogP contribution in [0.2, 0.25) is 0 Å². The van der Waals surface area contributed by atoms with Crippen LogP contribution in [0, 0.1) is 0 Å². The first-order chi connectivity index (χ1) is 14.3. The van der Waals surface area contributed by atoms with Crippen LogP contribution in [0.1, 0.15) is 20.1 Å². The Hall–Kier alpha value is -2.83. The molecule has 1 aliphatic heterocycles. The monoisotopic (exact) mass is 404 g/mol. The summed E-state index contributed by atoms with van der Waals surface area (Å²) in [6, 6.07) is 22.1. The van der Waals surface area contributed by atoms with Crippen molar-refractivity contribution in [1.82, 2.24) is 14.7 Å². The molecule has 1 aliphatic rings. The molecule has 1 saturated heterocycles. The van der Waals surface area contributed by atoms with E-state index in [1.54, 1.807) is 0 Å². The first-order valence-corrected chi connectivity index (χ1v) is 11.1. The van der Waals surface area contributed by atoms with Gasteiger partial charge in [0.1, 0.15) is 22.6 Å². The molecular formula is C23H24N4OS. The summed E-state index contributed by atoms with van der Waals surface area (Å²) in [6.45, 7) is 2.40. The van der Waals surface area contributed by atoms with E-state index in [2.05, 4.69) is 26.7 Å². The molecule has 0 spiro atoms. The third kappa shape index (κ3) is 3.73. The van der Waals surface area contributed by atoms with Crippen molar-refractivity contribution in [3.8, 4) is 0 Å². The molecule has 1 fully saturated rings. The van der Waals surface area contributed by atoms with E-state index in [1.807, 2.05) is 54.6 Å². The molecule has 0 bridgehead atoms. The fourth-order valence-corrected chi connectivity index (χ4v) is 4.70. The smallest absolute Gasteiger partial charge is 0.146 e. The van der Waals surface area contributed by atoms with Crippen LogP contribution in [-0.4, -0.2) is 27.3 Å². The van der Waals surface area contributed by atoms with Gasteiger partial charge in [0, 0.05) is 19.9 Å². The van der Waals surface area contributed by atoms with Crippen LogP contribution < -0.4 is 9.62 Å². The number of hydrogen-bond donors (Lipinski definition) is 1. The van der Waals surface area contributed by atoms with Gasteiger partial charge >= 0.3 is 0 Å². The second kappa shape index (κ2) is 7.89. The zero-order valence-corrected chi connectivity index (χ0v) is 16.9. The molecule has 0 aliphatic carbocycles. The largest absolute Gasteiger partial charge is 0.356 e. The second-order valence-corrected chi connectivity index (χ2v) is 8.57. The maximum Gasteiger partial charge on any atom is 0.146 e. The summed E-state index contributed by atoms with van der Waals surface area (Å²) in [5.41, 5.74) is 0.928. The number of nitrogens with zero attached hydrogens (tertiary/aromatic N) is 3. The highest BCUT2D eigenvalue weighted by Gasteiger charge is 2.18. The minimum absolute atomic E-state index is 0. The Morgan fingerprint density at radius 3 is 2.55 bits per heavy atom. The van der Waals surface area contributed by atoms with Crippen molar-refractivity contribution in [1.29, 1.82) is 0 Å². The lowest BCUT2D eigenvalue weighted by Crippen LogP contribution is -2.22. The summed E-state index contributed by atoms with van der Waals surface area (Å²) in [6.07, 6.45) is 2.38. The molecule has 1 N–H and O–H groups in total. The summed E-state index contributed by atoms with van der Waals surface area (Å²) < 4.78 is 15.9. The van der Waals surface area contributed by atoms with Crippen LogP contribution in [0.15, 0.2) is 71.6 Å². The Morgan fingerprint density at radius 2 is 1.69 bits per heavy atom. The Kier molecular flexibility index (Phi) is 4.96. The second-order valence-electron chi connectivity index (χ2n) is 7.27. The number of rotatable bonds is 5. The zero-order chi connectivity index (χ0) is 19.6. The molecule has 0 amide bonds.